The number of ether oxygens (including phenoxy) is 2. The fraction of sp³-hybridized carbons (Fsp3) is 0.526. The Bertz CT molecular complexity index is 639. The summed E-state index contributed by atoms with van der Waals surface area (Å²) in [6, 6.07) is 7.43. The van der Waals surface area contributed by atoms with Crippen molar-refractivity contribution in [3.05, 3.63) is 29.8 Å². The lowest BCUT2D eigenvalue weighted by molar-refractivity contribution is -0.139. The van der Waals surface area contributed by atoms with Gasteiger partial charge in [0.15, 0.2) is 0 Å². The molecule has 1 aromatic rings. The average Bonchev–Trinajstić information content (AvgIpc) is 2.69. The molecule has 148 valence electrons. The van der Waals surface area contributed by atoms with Crippen LogP contribution in [-0.4, -0.2) is 62.2 Å². The molecule has 1 saturated heterocycles. The standard InChI is InChI=1S/C19H27N3O5/c1-3-27-19(25)22-12-9-15(10-13-22)21-18(24)17(23)20-11-8-14-4-6-16(26-2)7-5-14/h4-7,15H,3,8-13H2,1-2H3,(H,20,23)(H,21,24). The van der Waals surface area contributed by atoms with Crippen molar-refractivity contribution in [3.8, 4) is 5.75 Å². The van der Waals surface area contributed by atoms with E-state index in [-0.39, 0.29) is 12.1 Å². The van der Waals surface area contributed by atoms with Crippen molar-refractivity contribution in [2.45, 2.75) is 32.2 Å². The van der Waals surface area contributed by atoms with E-state index in [0.29, 0.717) is 45.5 Å². The van der Waals surface area contributed by atoms with Crippen molar-refractivity contribution in [3.63, 3.8) is 0 Å². The molecule has 1 aliphatic heterocycles. The lowest BCUT2D eigenvalue weighted by Crippen LogP contribution is -2.50. The van der Waals surface area contributed by atoms with Gasteiger partial charge in [-0.05, 0) is 43.9 Å². The number of benzene rings is 1. The number of nitrogens with zero attached hydrogens (tertiary/aromatic N) is 1. The summed E-state index contributed by atoms with van der Waals surface area (Å²) >= 11 is 0. The molecule has 2 N–H and O–H groups in total. The van der Waals surface area contributed by atoms with Gasteiger partial charge in [0.2, 0.25) is 0 Å². The normalized spacial score (nSPS) is 14.4. The van der Waals surface area contributed by atoms with Crippen LogP contribution in [0.15, 0.2) is 24.3 Å². The minimum Gasteiger partial charge on any atom is -0.497 e. The van der Waals surface area contributed by atoms with Gasteiger partial charge in [-0.2, -0.15) is 0 Å². The third kappa shape index (κ3) is 6.47. The zero-order valence-corrected chi connectivity index (χ0v) is 15.8. The van der Waals surface area contributed by atoms with Crippen molar-refractivity contribution in [1.29, 1.82) is 0 Å². The van der Waals surface area contributed by atoms with Crippen LogP contribution in [0.5, 0.6) is 5.75 Å². The van der Waals surface area contributed by atoms with Crippen molar-refractivity contribution in [2.24, 2.45) is 0 Å². The van der Waals surface area contributed by atoms with Crippen molar-refractivity contribution in [2.75, 3.05) is 33.4 Å². The Labute approximate surface area is 159 Å². The first-order chi connectivity index (χ1) is 13.0. The predicted octanol–water partition coefficient (Wildman–Crippen LogP) is 1.09. The number of likely N-dealkylation sites (tertiary alicyclic amines) is 1. The van der Waals surface area contributed by atoms with Crippen LogP contribution in [0.4, 0.5) is 4.79 Å². The van der Waals surface area contributed by atoms with E-state index in [2.05, 4.69) is 10.6 Å². The van der Waals surface area contributed by atoms with Gasteiger partial charge < -0.3 is 25.0 Å². The van der Waals surface area contributed by atoms with Crippen LogP contribution in [0.2, 0.25) is 0 Å². The molecule has 0 atom stereocenters. The molecule has 8 heteroatoms. The van der Waals surface area contributed by atoms with Gasteiger partial charge >= 0.3 is 17.9 Å². The number of carbonyl (C=O) groups excluding carboxylic acids is 3. The Morgan fingerprint density at radius 3 is 2.37 bits per heavy atom. The molecule has 0 aromatic heterocycles. The SMILES string of the molecule is CCOC(=O)N1CCC(NC(=O)C(=O)NCCc2ccc(OC)cc2)CC1. The molecule has 0 aliphatic carbocycles. The fourth-order valence-corrected chi connectivity index (χ4v) is 2.86. The highest BCUT2D eigenvalue weighted by atomic mass is 16.6. The monoisotopic (exact) mass is 377 g/mol. The van der Waals surface area contributed by atoms with Crippen LogP contribution in [0.25, 0.3) is 0 Å². The molecule has 1 fully saturated rings. The van der Waals surface area contributed by atoms with Gasteiger partial charge in [0.05, 0.1) is 13.7 Å². The average molecular weight is 377 g/mol. The number of piperidine rings is 1. The summed E-state index contributed by atoms with van der Waals surface area (Å²) in [6.07, 6.45) is 1.49. The summed E-state index contributed by atoms with van der Waals surface area (Å²) in [5, 5.41) is 5.35. The first-order valence-corrected chi connectivity index (χ1v) is 9.16. The van der Waals surface area contributed by atoms with E-state index in [1.165, 1.54) is 0 Å². The van der Waals surface area contributed by atoms with Gasteiger partial charge in [-0.25, -0.2) is 4.79 Å². The highest BCUT2D eigenvalue weighted by Gasteiger charge is 2.26. The number of methoxy groups -OCH3 is 1. The third-order valence-corrected chi connectivity index (χ3v) is 4.42. The molecule has 8 nitrogen and oxygen atoms in total. The molecule has 0 radical (unpaired) electrons. The number of carbonyl (C=O) groups is 3. The molecule has 0 spiro atoms. The third-order valence-electron chi connectivity index (χ3n) is 4.42. The zero-order valence-electron chi connectivity index (χ0n) is 15.8. The van der Waals surface area contributed by atoms with Gasteiger partial charge in [-0.1, -0.05) is 12.1 Å². The minimum absolute atomic E-state index is 0.115. The molecule has 1 aliphatic rings. The molecule has 0 unspecified atom stereocenters. The van der Waals surface area contributed by atoms with Crippen molar-refractivity contribution >= 4 is 17.9 Å². The lowest BCUT2D eigenvalue weighted by Gasteiger charge is -2.31. The van der Waals surface area contributed by atoms with E-state index in [1.54, 1.807) is 18.9 Å². The number of hydrogen-bond donors (Lipinski definition) is 2. The van der Waals surface area contributed by atoms with E-state index in [0.717, 1.165) is 11.3 Å². The minimum atomic E-state index is -0.642. The van der Waals surface area contributed by atoms with Gasteiger partial charge in [-0.3, -0.25) is 9.59 Å². The van der Waals surface area contributed by atoms with Gasteiger partial charge in [0.1, 0.15) is 5.75 Å². The smallest absolute Gasteiger partial charge is 0.409 e. The Balaban J connectivity index is 1.66. The fourth-order valence-electron chi connectivity index (χ4n) is 2.86. The molecule has 27 heavy (non-hydrogen) atoms. The highest BCUT2D eigenvalue weighted by molar-refractivity contribution is 6.35. The quantitative estimate of drug-likeness (QED) is 0.724. The van der Waals surface area contributed by atoms with Crippen LogP contribution < -0.4 is 15.4 Å². The Morgan fingerprint density at radius 2 is 1.78 bits per heavy atom. The lowest BCUT2D eigenvalue weighted by atomic mass is 10.1. The van der Waals surface area contributed by atoms with Gasteiger partial charge in [-0.15, -0.1) is 0 Å². The molecule has 2 rings (SSSR count). The summed E-state index contributed by atoms with van der Waals surface area (Å²) in [7, 11) is 1.61. The Hall–Kier alpha value is -2.77. The predicted molar refractivity (Wildman–Crippen MR) is 99.5 cm³/mol. The molecule has 3 amide bonds. The summed E-state index contributed by atoms with van der Waals surface area (Å²) in [5.41, 5.74) is 1.04. The number of nitrogens with one attached hydrogen (secondary N) is 2. The second-order valence-electron chi connectivity index (χ2n) is 6.29. The Morgan fingerprint density at radius 1 is 1.11 bits per heavy atom. The van der Waals surface area contributed by atoms with E-state index in [9.17, 15) is 14.4 Å². The summed E-state index contributed by atoms with van der Waals surface area (Å²) in [4.78, 5) is 37.2. The van der Waals surface area contributed by atoms with E-state index in [4.69, 9.17) is 9.47 Å². The van der Waals surface area contributed by atoms with Crippen molar-refractivity contribution < 1.29 is 23.9 Å². The van der Waals surface area contributed by atoms with Crippen molar-refractivity contribution in [1.82, 2.24) is 15.5 Å². The van der Waals surface area contributed by atoms with Crippen LogP contribution >= 0.6 is 0 Å². The maximum Gasteiger partial charge on any atom is 0.409 e. The molecular formula is C19H27N3O5. The van der Waals surface area contributed by atoms with Gasteiger partial charge in [0, 0.05) is 25.7 Å². The summed E-state index contributed by atoms with van der Waals surface area (Å²) in [6.45, 7) is 3.48. The number of rotatable bonds is 6. The maximum absolute atomic E-state index is 12.0. The highest BCUT2D eigenvalue weighted by Crippen LogP contribution is 2.12. The molecule has 0 bridgehead atoms. The summed E-state index contributed by atoms with van der Waals surface area (Å²) < 4.78 is 10.1. The Kier molecular flexibility index (Phi) is 7.91. The van der Waals surface area contributed by atoms with Gasteiger partial charge in [0.25, 0.3) is 0 Å². The second kappa shape index (κ2) is 10.4. The first-order valence-electron chi connectivity index (χ1n) is 9.16. The first kappa shape index (κ1) is 20.5. The molecule has 1 heterocycles. The largest absolute Gasteiger partial charge is 0.497 e. The number of amides is 3. The number of hydrogen-bond acceptors (Lipinski definition) is 5. The summed E-state index contributed by atoms with van der Waals surface area (Å²) in [5.74, 6) is -0.508. The van der Waals surface area contributed by atoms with Crippen LogP contribution in [0, 0.1) is 0 Å². The molecule has 1 aromatic carbocycles. The van der Waals surface area contributed by atoms with E-state index in [1.807, 2.05) is 24.3 Å². The topological polar surface area (TPSA) is 97.0 Å². The van der Waals surface area contributed by atoms with Crippen LogP contribution in [-0.2, 0) is 20.7 Å². The van der Waals surface area contributed by atoms with E-state index >= 15 is 0 Å². The van der Waals surface area contributed by atoms with E-state index < -0.39 is 11.8 Å². The molecular weight excluding hydrogens is 350 g/mol. The maximum atomic E-state index is 12.0. The zero-order chi connectivity index (χ0) is 19.6. The van der Waals surface area contributed by atoms with Crippen LogP contribution in [0.3, 0.4) is 0 Å². The molecule has 0 saturated carbocycles. The second-order valence-corrected chi connectivity index (χ2v) is 6.29. The van der Waals surface area contributed by atoms with Crippen LogP contribution in [0.1, 0.15) is 25.3 Å².